The molecule has 21 heavy (non-hydrogen) atoms. The minimum Gasteiger partial charge on any atom is -0.493 e. The van der Waals surface area contributed by atoms with Crippen LogP contribution >= 0.6 is 0 Å². The molecule has 4 nitrogen and oxygen atoms in total. The molecule has 0 bridgehead atoms. The van der Waals surface area contributed by atoms with Gasteiger partial charge in [0.25, 0.3) is 0 Å². The Labute approximate surface area is 119 Å². The lowest BCUT2D eigenvalue weighted by molar-refractivity contribution is -0.139. The molecule has 0 unspecified atom stereocenters. The van der Waals surface area contributed by atoms with Crippen molar-refractivity contribution in [1.82, 2.24) is 9.55 Å². The summed E-state index contributed by atoms with van der Waals surface area (Å²) >= 11 is 0. The summed E-state index contributed by atoms with van der Waals surface area (Å²) in [5.74, 6) is -0.217. The van der Waals surface area contributed by atoms with Crippen molar-refractivity contribution in [3.8, 4) is 5.75 Å². The second-order valence-corrected chi connectivity index (χ2v) is 4.49. The van der Waals surface area contributed by atoms with Crippen LogP contribution in [0.25, 0.3) is 0 Å². The van der Waals surface area contributed by atoms with E-state index >= 15 is 0 Å². The molecule has 0 aliphatic carbocycles. The Morgan fingerprint density at radius 3 is 2.71 bits per heavy atom. The van der Waals surface area contributed by atoms with Gasteiger partial charge in [0.1, 0.15) is 5.75 Å². The van der Waals surface area contributed by atoms with E-state index in [-0.39, 0.29) is 17.9 Å². The van der Waals surface area contributed by atoms with E-state index in [1.165, 1.54) is 12.1 Å². The quantitative estimate of drug-likeness (QED) is 0.835. The van der Waals surface area contributed by atoms with E-state index in [1.54, 1.807) is 18.7 Å². The number of aliphatic hydroxyl groups excluding tert-OH is 1. The maximum absolute atomic E-state index is 12.9. The average Bonchev–Trinajstić information content (AvgIpc) is 2.96. The summed E-state index contributed by atoms with van der Waals surface area (Å²) in [7, 11) is 0. The van der Waals surface area contributed by atoms with Gasteiger partial charge in [-0.3, -0.25) is 0 Å². The van der Waals surface area contributed by atoms with Crippen molar-refractivity contribution in [2.75, 3.05) is 6.61 Å². The maximum atomic E-state index is 12.9. The van der Waals surface area contributed by atoms with Gasteiger partial charge in [-0.05, 0) is 24.1 Å². The van der Waals surface area contributed by atoms with Crippen molar-refractivity contribution in [3.05, 3.63) is 48.0 Å². The van der Waals surface area contributed by atoms with Gasteiger partial charge in [0, 0.05) is 18.9 Å². The van der Waals surface area contributed by atoms with Crippen molar-refractivity contribution in [1.29, 1.82) is 0 Å². The van der Waals surface area contributed by atoms with Gasteiger partial charge in [-0.25, -0.2) is 4.98 Å². The SMILES string of the molecule is OCc1ccc(OCCCn2ccnc2)c(C(F)(F)F)c1. The van der Waals surface area contributed by atoms with E-state index in [9.17, 15) is 13.2 Å². The lowest BCUT2D eigenvalue weighted by Crippen LogP contribution is -2.11. The number of rotatable bonds is 6. The van der Waals surface area contributed by atoms with Gasteiger partial charge in [0.05, 0.1) is 25.1 Å². The number of aryl methyl sites for hydroxylation is 1. The number of alkyl halides is 3. The maximum Gasteiger partial charge on any atom is 0.419 e. The summed E-state index contributed by atoms with van der Waals surface area (Å²) < 4.78 is 45.8. The van der Waals surface area contributed by atoms with Gasteiger partial charge < -0.3 is 14.4 Å². The molecule has 0 atom stereocenters. The Bertz CT molecular complexity index is 568. The molecule has 7 heteroatoms. The molecule has 0 radical (unpaired) electrons. The highest BCUT2D eigenvalue weighted by atomic mass is 19.4. The molecule has 0 saturated carbocycles. The predicted octanol–water partition coefficient (Wildman–Crippen LogP) is 2.86. The number of benzene rings is 1. The third-order valence-electron chi connectivity index (χ3n) is 2.91. The minimum atomic E-state index is -4.51. The molecule has 1 heterocycles. The number of hydrogen-bond donors (Lipinski definition) is 1. The number of aromatic nitrogens is 2. The van der Waals surface area contributed by atoms with Gasteiger partial charge in [0.15, 0.2) is 0 Å². The summed E-state index contributed by atoms with van der Waals surface area (Å²) in [5, 5.41) is 8.92. The number of halogens is 3. The van der Waals surface area contributed by atoms with E-state index in [0.717, 1.165) is 6.07 Å². The standard InChI is InChI=1S/C14H15F3N2O2/c15-14(16,17)12-8-11(9-20)2-3-13(12)21-7-1-5-19-6-4-18-10-19/h2-4,6,8,10,20H,1,5,7,9H2. The topological polar surface area (TPSA) is 47.3 Å². The van der Waals surface area contributed by atoms with Gasteiger partial charge in [-0.15, -0.1) is 0 Å². The third kappa shape index (κ3) is 4.22. The largest absolute Gasteiger partial charge is 0.493 e. The van der Waals surface area contributed by atoms with E-state index in [4.69, 9.17) is 9.84 Å². The molecule has 2 rings (SSSR count). The van der Waals surface area contributed by atoms with Crippen molar-refractivity contribution in [2.24, 2.45) is 0 Å². The molecule has 0 amide bonds. The first kappa shape index (κ1) is 15.4. The number of ether oxygens (including phenoxy) is 1. The highest BCUT2D eigenvalue weighted by Gasteiger charge is 2.34. The first-order valence-corrected chi connectivity index (χ1v) is 6.40. The summed E-state index contributed by atoms with van der Waals surface area (Å²) in [6, 6.07) is 3.57. The van der Waals surface area contributed by atoms with E-state index in [0.29, 0.717) is 13.0 Å². The van der Waals surface area contributed by atoms with Crippen molar-refractivity contribution < 1.29 is 23.0 Å². The lowest BCUT2D eigenvalue weighted by atomic mass is 10.1. The van der Waals surface area contributed by atoms with Crippen LogP contribution in [0.2, 0.25) is 0 Å². The fourth-order valence-corrected chi connectivity index (χ4v) is 1.87. The first-order valence-electron chi connectivity index (χ1n) is 6.40. The highest BCUT2D eigenvalue weighted by Crippen LogP contribution is 2.36. The molecule has 0 aliphatic heterocycles. The molecule has 0 saturated heterocycles. The summed E-state index contributed by atoms with van der Waals surface area (Å²) in [6.45, 7) is 0.347. The smallest absolute Gasteiger partial charge is 0.419 e. The van der Waals surface area contributed by atoms with Crippen molar-refractivity contribution in [2.45, 2.75) is 25.7 Å². The van der Waals surface area contributed by atoms with E-state index in [1.807, 2.05) is 4.57 Å². The number of imidazole rings is 1. The Morgan fingerprint density at radius 1 is 1.29 bits per heavy atom. The lowest BCUT2D eigenvalue weighted by Gasteiger charge is -2.15. The first-order chi connectivity index (χ1) is 10.0. The molecular formula is C14H15F3N2O2. The normalized spacial score (nSPS) is 11.6. The summed E-state index contributed by atoms with van der Waals surface area (Å²) in [4.78, 5) is 3.87. The second-order valence-electron chi connectivity index (χ2n) is 4.49. The number of aliphatic hydroxyl groups is 1. The molecule has 0 aliphatic rings. The summed E-state index contributed by atoms with van der Waals surface area (Å²) in [5.41, 5.74) is -0.662. The van der Waals surface area contributed by atoms with Crippen LogP contribution in [0.4, 0.5) is 13.2 Å². The minimum absolute atomic E-state index is 0.166. The van der Waals surface area contributed by atoms with Crippen molar-refractivity contribution >= 4 is 0 Å². The fraction of sp³-hybridized carbons (Fsp3) is 0.357. The molecule has 1 N–H and O–H groups in total. The Balaban J connectivity index is 1.98. The molecule has 114 valence electrons. The van der Waals surface area contributed by atoms with E-state index in [2.05, 4.69) is 4.98 Å². The predicted molar refractivity (Wildman–Crippen MR) is 69.7 cm³/mol. The zero-order valence-electron chi connectivity index (χ0n) is 11.2. The van der Waals surface area contributed by atoms with Crippen LogP contribution in [0, 0.1) is 0 Å². The molecule has 1 aromatic carbocycles. The average molecular weight is 300 g/mol. The third-order valence-corrected chi connectivity index (χ3v) is 2.91. The zero-order chi connectivity index (χ0) is 15.3. The van der Waals surface area contributed by atoms with Crippen LogP contribution in [0.15, 0.2) is 36.9 Å². The molecular weight excluding hydrogens is 285 g/mol. The molecule has 1 aromatic heterocycles. The van der Waals surface area contributed by atoms with Crippen LogP contribution in [-0.2, 0) is 19.3 Å². The second kappa shape index (κ2) is 6.62. The van der Waals surface area contributed by atoms with Gasteiger partial charge in [0.2, 0.25) is 0 Å². The monoisotopic (exact) mass is 300 g/mol. The summed E-state index contributed by atoms with van der Waals surface area (Å²) in [6.07, 6.45) is 1.10. The Kier molecular flexibility index (Phi) is 4.85. The zero-order valence-corrected chi connectivity index (χ0v) is 11.2. The number of hydrogen-bond acceptors (Lipinski definition) is 3. The Hall–Kier alpha value is -2.02. The van der Waals surface area contributed by atoms with Crippen LogP contribution < -0.4 is 4.74 Å². The van der Waals surface area contributed by atoms with Crippen LogP contribution in [0.5, 0.6) is 5.75 Å². The van der Waals surface area contributed by atoms with Gasteiger partial charge >= 0.3 is 6.18 Å². The van der Waals surface area contributed by atoms with E-state index < -0.39 is 18.3 Å². The van der Waals surface area contributed by atoms with Crippen LogP contribution in [0.1, 0.15) is 17.5 Å². The fourth-order valence-electron chi connectivity index (χ4n) is 1.87. The Morgan fingerprint density at radius 2 is 2.10 bits per heavy atom. The van der Waals surface area contributed by atoms with Gasteiger partial charge in [-0.1, -0.05) is 6.07 Å². The molecule has 0 spiro atoms. The highest BCUT2D eigenvalue weighted by molar-refractivity contribution is 5.39. The molecule has 2 aromatic rings. The van der Waals surface area contributed by atoms with Crippen molar-refractivity contribution in [3.63, 3.8) is 0 Å². The van der Waals surface area contributed by atoms with Crippen LogP contribution in [-0.4, -0.2) is 21.3 Å². The molecule has 0 fully saturated rings. The van der Waals surface area contributed by atoms with Gasteiger partial charge in [-0.2, -0.15) is 13.2 Å². The number of nitrogens with zero attached hydrogens (tertiary/aromatic N) is 2. The van der Waals surface area contributed by atoms with Crippen LogP contribution in [0.3, 0.4) is 0 Å².